The molecular formula is C28H38N2O5S. The van der Waals surface area contributed by atoms with Crippen molar-refractivity contribution in [2.45, 2.75) is 82.4 Å². The van der Waals surface area contributed by atoms with E-state index in [-0.39, 0.29) is 29.3 Å². The summed E-state index contributed by atoms with van der Waals surface area (Å²) >= 11 is 1.30. The Balaban J connectivity index is 1.58. The predicted octanol–water partition coefficient (Wildman–Crippen LogP) is 5.21. The van der Waals surface area contributed by atoms with Crippen molar-refractivity contribution in [1.82, 2.24) is 10.2 Å². The Morgan fingerprint density at radius 3 is 2.69 bits per heavy atom. The summed E-state index contributed by atoms with van der Waals surface area (Å²) in [4.78, 5) is 27.7. The van der Waals surface area contributed by atoms with Crippen LogP contribution in [0.25, 0.3) is 0 Å². The smallest absolute Gasteiger partial charge is 0.282 e. The number of thioether (sulfide) groups is 1. The summed E-state index contributed by atoms with van der Waals surface area (Å²) in [6, 6.07) is 7.41. The van der Waals surface area contributed by atoms with Gasteiger partial charge in [-0.05, 0) is 63.1 Å². The number of ether oxygens (including phenoxy) is 3. The maximum absolute atomic E-state index is 13.0. The van der Waals surface area contributed by atoms with Crippen molar-refractivity contribution >= 4 is 22.9 Å². The maximum atomic E-state index is 13.0. The third-order valence-corrected chi connectivity index (χ3v) is 8.24. The SMILES string of the molecule is COc1ccc(CN2C(=O)SC[C@H]2[C@@]2(OC)C[C@H]3C[C@@H](CCC/C=C\CC/C(C)=C/C(=O)N3)O2)cc1. The highest BCUT2D eigenvalue weighted by Crippen LogP contribution is 2.42. The summed E-state index contributed by atoms with van der Waals surface area (Å²) in [7, 11) is 3.30. The van der Waals surface area contributed by atoms with Crippen LogP contribution in [0.5, 0.6) is 5.75 Å². The van der Waals surface area contributed by atoms with Gasteiger partial charge in [-0.2, -0.15) is 0 Å². The quantitative estimate of drug-likeness (QED) is 0.544. The van der Waals surface area contributed by atoms with Crippen molar-refractivity contribution in [2.75, 3.05) is 20.0 Å². The van der Waals surface area contributed by atoms with E-state index in [9.17, 15) is 9.59 Å². The molecule has 1 aromatic rings. The number of hydrogen-bond acceptors (Lipinski definition) is 6. The Morgan fingerprint density at radius 2 is 1.94 bits per heavy atom. The average molecular weight is 515 g/mol. The van der Waals surface area contributed by atoms with Crippen LogP contribution in [-0.4, -0.2) is 60.0 Å². The summed E-state index contributed by atoms with van der Waals surface area (Å²) in [5.41, 5.74) is 2.08. The van der Waals surface area contributed by atoms with Crippen molar-refractivity contribution < 1.29 is 23.8 Å². The van der Waals surface area contributed by atoms with Gasteiger partial charge in [-0.15, -0.1) is 0 Å². The predicted molar refractivity (Wildman–Crippen MR) is 142 cm³/mol. The third-order valence-electron chi connectivity index (χ3n) is 7.28. The first-order chi connectivity index (χ1) is 17.4. The minimum absolute atomic E-state index is 0.0180. The molecule has 196 valence electrons. The summed E-state index contributed by atoms with van der Waals surface area (Å²) in [5.74, 6) is 0.300. The number of amides is 2. The number of carbonyl (C=O) groups is 2. The number of methoxy groups -OCH3 is 2. The second kappa shape index (κ2) is 12.3. The third kappa shape index (κ3) is 6.52. The van der Waals surface area contributed by atoms with Gasteiger partial charge < -0.3 is 24.4 Å². The lowest BCUT2D eigenvalue weighted by molar-refractivity contribution is -0.294. The molecule has 4 rings (SSSR count). The molecule has 4 atom stereocenters. The zero-order valence-electron chi connectivity index (χ0n) is 21.5. The number of nitrogens with zero attached hydrogens (tertiary/aromatic N) is 1. The molecule has 1 N–H and O–H groups in total. The van der Waals surface area contributed by atoms with Crippen LogP contribution in [-0.2, 0) is 20.8 Å². The average Bonchev–Trinajstić information content (AvgIpc) is 3.23. The molecule has 0 aromatic heterocycles. The van der Waals surface area contributed by atoms with Gasteiger partial charge in [0.2, 0.25) is 5.91 Å². The summed E-state index contributed by atoms with van der Waals surface area (Å²) in [6.45, 7) is 2.47. The molecule has 1 aromatic carbocycles. The second-order valence-corrected chi connectivity index (χ2v) is 10.9. The highest BCUT2D eigenvalue weighted by Gasteiger charge is 2.53. The van der Waals surface area contributed by atoms with Crippen molar-refractivity contribution in [1.29, 1.82) is 0 Å². The van der Waals surface area contributed by atoms with Crippen LogP contribution >= 0.6 is 11.8 Å². The molecule has 0 unspecified atom stereocenters. The van der Waals surface area contributed by atoms with Crippen LogP contribution in [0.3, 0.4) is 0 Å². The molecule has 7 nitrogen and oxygen atoms in total. The number of allylic oxidation sites excluding steroid dienone is 3. The number of rotatable bonds is 5. The number of benzene rings is 1. The Bertz CT molecular complexity index is 979. The molecule has 2 bridgehead atoms. The van der Waals surface area contributed by atoms with Crippen LogP contribution < -0.4 is 10.1 Å². The molecule has 0 saturated carbocycles. The van der Waals surface area contributed by atoms with Gasteiger partial charge in [-0.1, -0.05) is 41.6 Å². The van der Waals surface area contributed by atoms with Gasteiger partial charge in [0.1, 0.15) is 5.75 Å². The first kappa shape index (κ1) is 26.8. The molecule has 3 aliphatic heterocycles. The fraction of sp³-hybridized carbons (Fsp3) is 0.571. The molecule has 2 amide bonds. The number of hydrogen-bond donors (Lipinski definition) is 1. The number of carbonyl (C=O) groups excluding carboxylic acids is 2. The fourth-order valence-corrected chi connectivity index (χ4v) is 6.45. The lowest BCUT2D eigenvalue weighted by atomic mass is 9.89. The first-order valence-corrected chi connectivity index (χ1v) is 13.8. The number of nitrogens with one attached hydrogen (secondary N) is 1. The van der Waals surface area contributed by atoms with Gasteiger partial charge in [0.25, 0.3) is 5.24 Å². The maximum Gasteiger partial charge on any atom is 0.282 e. The molecule has 3 aliphatic rings. The van der Waals surface area contributed by atoms with E-state index in [1.54, 1.807) is 20.3 Å². The Morgan fingerprint density at radius 1 is 1.17 bits per heavy atom. The van der Waals surface area contributed by atoms with Gasteiger partial charge in [0, 0.05) is 37.9 Å². The second-order valence-electron chi connectivity index (χ2n) is 9.90. The fourth-order valence-electron chi connectivity index (χ4n) is 5.36. The summed E-state index contributed by atoms with van der Waals surface area (Å²) in [6.07, 6.45) is 12.0. The molecule has 2 saturated heterocycles. The lowest BCUT2D eigenvalue weighted by Crippen LogP contribution is -2.62. The highest BCUT2D eigenvalue weighted by molar-refractivity contribution is 8.13. The van der Waals surface area contributed by atoms with Crippen LogP contribution in [0.4, 0.5) is 4.79 Å². The normalized spacial score (nSPS) is 32.2. The van der Waals surface area contributed by atoms with Crippen LogP contribution in [0, 0.1) is 0 Å². The van der Waals surface area contributed by atoms with Crippen molar-refractivity contribution in [3.05, 3.63) is 53.6 Å². The molecule has 0 aliphatic carbocycles. The minimum atomic E-state index is -0.988. The standard InChI is InChI=1S/C28H38N2O5S/c1-20-9-7-5-4-6-8-10-24-16-22(29-26(31)15-20)17-28(34-3,35-24)25-19-36-27(32)30(25)18-21-11-13-23(33-2)14-12-21/h4-5,11-15,22,24-25H,6-10,16-19H2,1-3H3,(H,29,31)/b5-4-,20-15+/t22-,24-,25+,28-/m1/s1. The largest absolute Gasteiger partial charge is 0.497 e. The van der Waals surface area contributed by atoms with Gasteiger partial charge in [-0.3, -0.25) is 9.59 Å². The van der Waals surface area contributed by atoms with E-state index in [4.69, 9.17) is 14.2 Å². The van der Waals surface area contributed by atoms with Crippen molar-refractivity contribution in [2.24, 2.45) is 0 Å². The lowest BCUT2D eigenvalue weighted by Gasteiger charge is -2.48. The molecule has 3 heterocycles. The molecule has 8 heteroatoms. The van der Waals surface area contributed by atoms with Gasteiger partial charge in [-0.25, -0.2) is 0 Å². The molecule has 2 fully saturated rings. The van der Waals surface area contributed by atoms with Crippen LogP contribution in [0.2, 0.25) is 0 Å². The van der Waals surface area contributed by atoms with E-state index in [1.165, 1.54) is 11.8 Å². The van der Waals surface area contributed by atoms with E-state index in [0.29, 0.717) is 18.7 Å². The Kier molecular flexibility index (Phi) is 9.14. The van der Waals surface area contributed by atoms with E-state index < -0.39 is 5.79 Å². The van der Waals surface area contributed by atoms with E-state index in [1.807, 2.05) is 36.1 Å². The van der Waals surface area contributed by atoms with Crippen molar-refractivity contribution in [3.8, 4) is 5.75 Å². The van der Waals surface area contributed by atoms with Gasteiger partial charge >= 0.3 is 0 Å². The van der Waals surface area contributed by atoms with Gasteiger partial charge in [0.05, 0.1) is 19.3 Å². The number of fused-ring (bicyclic) bond motifs is 2. The highest BCUT2D eigenvalue weighted by atomic mass is 32.2. The minimum Gasteiger partial charge on any atom is -0.497 e. The Labute approximate surface area is 218 Å². The summed E-state index contributed by atoms with van der Waals surface area (Å²) in [5, 5.41) is 3.23. The molecule has 36 heavy (non-hydrogen) atoms. The molecule has 0 radical (unpaired) electrons. The zero-order chi connectivity index (χ0) is 25.5. The van der Waals surface area contributed by atoms with E-state index in [0.717, 1.165) is 55.4 Å². The zero-order valence-corrected chi connectivity index (χ0v) is 22.4. The van der Waals surface area contributed by atoms with E-state index in [2.05, 4.69) is 17.5 Å². The van der Waals surface area contributed by atoms with Crippen LogP contribution in [0.1, 0.15) is 57.4 Å². The topological polar surface area (TPSA) is 77.1 Å². The molecular weight excluding hydrogens is 476 g/mol. The monoisotopic (exact) mass is 514 g/mol. The van der Waals surface area contributed by atoms with Crippen molar-refractivity contribution in [3.63, 3.8) is 0 Å². The molecule has 0 spiro atoms. The van der Waals surface area contributed by atoms with E-state index >= 15 is 0 Å². The Hall–Kier alpha value is -2.29. The summed E-state index contributed by atoms with van der Waals surface area (Å²) < 4.78 is 18.1. The van der Waals surface area contributed by atoms with Crippen LogP contribution in [0.15, 0.2) is 48.1 Å². The first-order valence-electron chi connectivity index (χ1n) is 12.8. The van der Waals surface area contributed by atoms with Gasteiger partial charge in [0.15, 0.2) is 5.79 Å².